The molecule has 0 aliphatic heterocycles. The van der Waals surface area contributed by atoms with Gasteiger partial charge in [0.15, 0.2) is 5.60 Å². The molecule has 1 rings (SSSR count). The molecule has 0 aliphatic rings. The summed E-state index contributed by atoms with van der Waals surface area (Å²) in [6.07, 6.45) is 0.518. The molecule has 1 unspecified atom stereocenters. The lowest BCUT2D eigenvalue weighted by Crippen LogP contribution is -2.28. The van der Waals surface area contributed by atoms with Gasteiger partial charge in [-0.25, -0.2) is 0 Å². The number of benzene rings is 1. The number of methoxy groups -OCH3 is 2. The first kappa shape index (κ1) is 11.5. The monoisotopic (exact) mass is 205 g/mol. The summed E-state index contributed by atoms with van der Waals surface area (Å²) < 4.78 is 10.4. The molecule has 1 aromatic rings. The van der Waals surface area contributed by atoms with E-state index in [4.69, 9.17) is 14.7 Å². The van der Waals surface area contributed by atoms with Gasteiger partial charge in [0.1, 0.15) is 5.75 Å². The Bertz CT molecular complexity index is 370. The van der Waals surface area contributed by atoms with Gasteiger partial charge in [-0.15, -0.1) is 0 Å². The molecule has 15 heavy (non-hydrogen) atoms. The molecular formula is C12H15NO2. The SMILES string of the molecule is COc1ccccc1CC(C)(C#N)OC. The molecule has 0 bridgehead atoms. The number of hydrogen-bond donors (Lipinski definition) is 0. The highest BCUT2D eigenvalue weighted by atomic mass is 16.5. The molecule has 0 heterocycles. The van der Waals surface area contributed by atoms with Gasteiger partial charge in [-0.05, 0) is 18.6 Å². The summed E-state index contributed by atoms with van der Waals surface area (Å²) >= 11 is 0. The van der Waals surface area contributed by atoms with Gasteiger partial charge in [0.05, 0.1) is 13.2 Å². The van der Waals surface area contributed by atoms with Crippen LogP contribution in [0.3, 0.4) is 0 Å². The van der Waals surface area contributed by atoms with E-state index in [0.29, 0.717) is 6.42 Å². The van der Waals surface area contributed by atoms with E-state index < -0.39 is 5.60 Å². The molecule has 1 atom stereocenters. The maximum absolute atomic E-state index is 8.99. The van der Waals surface area contributed by atoms with Crippen molar-refractivity contribution in [3.63, 3.8) is 0 Å². The molecule has 0 fully saturated rings. The Hall–Kier alpha value is -1.53. The number of para-hydroxylation sites is 1. The molecule has 0 saturated carbocycles. The quantitative estimate of drug-likeness (QED) is 0.756. The minimum absolute atomic E-state index is 0.518. The van der Waals surface area contributed by atoms with Crippen LogP contribution >= 0.6 is 0 Å². The number of hydrogen-bond acceptors (Lipinski definition) is 3. The zero-order valence-corrected chi connectivity index (χ0v) is 9.28. The van der Waals surface area contributed by atoms with Gasteiger partial charge < -0.3 is 9.47 Å². The topological polar surface area (TPSA) is 42.2 Å². The third-order valence-electron chi connectivity index (χ3n) is 2.41. The fraction of sp³-hybridized carbons (Fsp3) is 0.417. The molecule has 0 spiro atoms. The summed E-state index contributed by atoms with van der Waals surface area (Å²) in [6, 6.07) is 9.79. The Morgan fingerprint density at radius 1 is 1.33 bits per heavy atom. The van der Waals surface area contributed by atoms with E-state index in [9.17, 15) is 0 Å². The fourth-order valence-corrected chi connectivity index (χ4v) is 1.37. The molecule has 80 valence electrons. The fourth-order valence-electron chi connectivity index (χ4n) is 1.37. The predicted molar refractivity (Wildman–Crippen MR) is 57.7 cm³/mol. The molecule has 0 aromatic heterocycles. The first-order valence-corrected chi connectivity index (χ1v) is 4.73. The highest BCUT2D eigenvalue weighted by Crippen LogP contribution is 2.23. The van der Waals surface area contributed by atoms with E-state index >= 15 is 0 Å². The first-order valence-electron chi connectivity index (χ1n) is 4.73. The minimum Gasteiger partial charge on any atom is -0.496 e. The summed E-state index contributed by atoms with van der Waals surface area (Å²) in [5.74, 6) is 0.788. The minimum atomic E-state index is -0.797. The molecule has 1 aromatic carbocycles. The van der Waals surface area contributed by atoms with Crippen molar-refractivity contribution in [2.75, 3.05) is 14.2 Å². The van der Waals surface area contributed by atoms with Crippen LogP contribution in [0.1, 0.15) is 12.5 Å². The molecule has 0 saturated heterocycles. The van der Waals surface area contributed by atoms with Crippen molar-refractivity contribution >= 4 is 0 Å². The van der Waals surface area contributed by atoms with Crippen molar-refractivity contribution in [1.29, 1.82) is 5.26 Å². The van der Waals surface area contributed by atoms with Crippen LogP contribution in [-0.4, -0.2) is 19.8 Å². The third-order valence-corrected chi connectivity index (χ3v) is 2.41. The third kappa shape index (κ3) is 2.71. The van der Waals surface area contributed by atoms with Crippen LogP contribution in [0.15, 0.2) is 24.3 Å². The average molecular weight is 205 g/mol. The van der Waals surface area contributed by atoms with Crippen LogP contribution in [0.25, 0.3) is 0 Å². The Morgan fingerprint density at radius 3 is 2.53 bits per heavy atom. The molecular weight excluding hydrogens is 190 g/mol. The number of rotatable bonds is 4. The second kappa shape index (κ2) is 4.81. The Kier molecular flexibility index (Phi) is 3.70. The first-order chi connectivity index (χ1) is 7.15. The van der Waals surface area contributed by atoms with Crippen LogP contribution in [0.4, 0.5) is 0 Å². The van der Waals surface area contributed by atoms with Crippen molar-refractivity contribution in [3.8, 4) is 11.8 Å². The van der Waals surface area contributed by atoms with Crippen molar-refractivity contribution < 1.29 is 9.47 Å². The number of ether oxygens (including phenoxy) is 2. The molecule has 3 nitrogen and oxygen atoms in total. The highest BCUT2D eigenvalue weighted by molar-refractivity contribution is 5.35. The summed E-state index contributed by atoms with van der Waals surface area (Å²) in [5.41, 5.74) is 0.181. The van der Waals surface area contributed by atoms with E-state index in [1.54, 1.807) is 21.1 Å². The lowest BCUT2D eigenvalue weighted by molar-refractivity contribution is 0.0554. The van der Waals surface area contributed by atoms with E-state index in [1.807, 2.05) is 24.3 Å². The summed E-state index contributed by atoms with van der Waals surface area (Å²) in [5, 5.41) is 8.99. The molecule has 0 radical (unpaired) electrons. The maximum atomic E-state index is 8.99. The Morgan fingerprint density at radius 2 is 2.00 bits per heavy atom. The zero-order valence-electron chi connectivity index (χ0n) is 9.28. The Balaban J connectivity index is 2.94. The van der Waals surface area contributed by atoms with Crippen LogP contribution in [0, 0.1) is 11.3 Å². The molecule has 0 N–H and O–H groups in total. The number of nitriles is 1. The molecule has 0 aliphatic carbocycles. The Labute approximate surface area is 90.2 Å². The largest absolute Gasteiger partial charge is 0.496 e. The predicted octanol–water partition coefficient (Wildman–Crippen LogP) is 2.17. The summed E-state index contributed by atoms with van der Waals surface area (Å²) in [7, 11) is 3.16. The van der Waals surface area contributed by atoms with Gasteiger partial charge >= 0.3 is 0 Å². The van der Waals surface area contributed by atoms with Crippen molar-refractivity contribution in [1.82, 2.24) is 0 Å². The maximum Gasteiger partial charge on any atom is 0.155 e. The second-order valence-corrected chi connectivity index (χ2v) is 3.54. The number of nitrogens with zero attached hydrogens (tertiary/aromatic N) is 1. The molecule has 3 heteroatoms. The van der Waals surface area contributed by atoms with Crippen LogP contribution in [0.2, 0.25) is 0 Å². The average Bonchev–Trinajstić information content (AvgIpc) is 2.29. The second-order valence-electron chi connectivity index (χ2n) is 3.54. The van der Waals surface area contributed by atoms with E-state index in [1.165, 1.54) is 0 Å². The van der Waals surface area contributed by atoms with Crippen LogP contribution < -0.4 is 4.74 Å². The normalized spacial score (nSPS) is 14.0. The summed E-state index contributed by atoms with van der Waals surface area (Å²) in [4.78, 5) is 0. The van der Waals surface area contributed by atoms with Gasteiger partial charge in [0, 0.05) is 13.5 Å². The van der Waals surface area contributed by atoms with Crippen molar-refractivity contribution in [3.05, 3.63) is 29.8 Å². The van der Waals surface area contributed by atoms with Crippen molar-refractivity contribution in [2.45, 2.75) is 18.9 Å². The lowest BCUT2D eigenvalue weighted by atomic mass is 9.97. The van der Waals surface area contributed by atoms with E-state index in [0.717, 1.165) is 11.3 Å². The lowest BCUT2D eigenvalue weighted by Gasteiger charge is -2.20. The highest BCUT2D eigenvalue weighted by Gasteiger charge is 2.24. The van der Waals surface area contributed by atoms with E-state index in [2.05, 4.69) is 6.07 Å². The molecule has 0 amide bonds. The van der Waals surface area contributed by atoms with Gasteiger partial charge in [-0.3, -0.25) is 0 Å². The smallest absolute Gasteiger partial charge is 0.155 e. The van der Waals surface area contributed by atoms with Gasteiger partial charge in [-0.1, -0.05) is 18.2 Å². The van der Waals surface area contributed by atoms with Gasteiger partial charge in [0.25, 0.3) is 0 Å². The summed E-state index contributed by atoms with van der Waals surface area (Å²) in [6.45, 7) is 1.76. The van der Waals surface area contributed by atoms with Crippen LogP contribution in [-0.2, 0) is 11.2 Å². The zero-order chi connectivity index (χ0) is 11.3. The van der Waals surface area contributed by atoms with Gasteiger partial charge in [0.2, 0.25) is 0 Å². The standard InChI is InChI=1S/C12H15NO2/c1-12(9-13,15-3)8-10-6-4-5-7-11(10)14-2/h4-7H,8H2,1-3H3. The van der Waals surface area contributed by atoms with Gasteiger partial charge in [-0.2, -0.15) is 5.26 Å². The van der Waals surface area contributed by atoms with Crippen molar-refractivity contribution in [2.24, 2.45) is 0 Å². The van der Waals surface area contributed by atoms with E-state index in [-0.39, 0.29) is 0 Å². The van der Waals surface area contributed by atoms with Crippen LogP contribution in [0.5, 0.6) is 5.75 Å².